The maximum Gasteiger partial charge on any atom is 0.331 e. The number of carbonyl (C=O) groups is 3. The van der Waals surface area contributed by atoms with Gasteiger partial charge in [-0.15, -0.1) is 0 Å². The molecule has 5 rings (SSSR count). The van der Waals surface area contributed by atoms with Gasteiger partial charge in [0.15, 0.2) is 11.5 Å². The number of carbonyl (C=O) groups excluding carboxylic acids is 3. The molecule has 8 heteroatoms. The fourth-order valence-corrected chi connectivity index (χ4v) is 4.24. The molecule has 8 nitrogen and oxygen atoms in total. The number of hydrogen-bond donors (Lipinski definition) is 1. The van der Waals surface area contributed by atoms with Crippen LogP contribution in [0.1, 0.15) is 28.1 Å². The molecule has 0 aliphatic carbocycles. The van der Waals surface area contributed by atoms with Gasteiger partial charge in [-0.1, -0.05) is 23.8 Å². The SMILES string of the molecule is Cc1ccc(-n2c(C)cc(C=C3C(=O)NC(=O)N(Cc4ccc5c(c4)OCO5)C3=O)c2C)cc1. The zero-order valence-corrected chi connectivity index (χ0v) is 19.0. The van der Waals surface area contributed by atoms with Crippen LogP contribution in [0.2, 0.25) is 0 Å². The smallest absolute Gasteiger partial charge is 0.331 e. The quantitative estimate of drug-likeness (QED) is 0.476. The highest BCUT2D eigenvalue weighted by Gasteiger charge is 2.36. The van der Waals surface area contributed by atoms with Gasteiger partial charge >= 0.3 is 6.03 Å². The van der Waals surface area contributed by atoms with Crippen LogP contribution in [0.15, 0.2) is 54.1 Å². The Kier molecular flexibility index (Phi) is 5.20. The van der Waals surface area contributed by atoms with Gasteiger partial charge in [0.25, 0.3) is 11.8 Å². The van der Waals surface area contributed by atoms with Crippen molar-refractivity contribution in [3.05, 3.63) is 82.2 Å². The highest BCUT2D eigenvalue weighted by atomic mass is 16.7. The second-order valence-electron chi connectivity index (χ2n) is 8.39. The van der Waals surface area contributed by atoms with Crippen LogP contribution in [-0.2, 0) is 16.1 Å². The standard InChI is InChI=1S/C26H23N3O5/c1-15-4-7-20(8-5-15)29-16(2)10-19(17(29)3)12-21-24(30)27-26(32)28(25(21)31)13-18-6-9-22-23(11-18)34-14-33-22/h4-12H,13-14H2,1-3H3,(H,27,30,32). The molecular weight excluding hydrogens is 434 g/mol. The first-order chi connectivity index (χ1) is 16.3. The molecule has 0 radical (unpaired) electrons. The van der Waals surface area contributed by atoms with Gasteiger partial charge in [0, 0.05) is 17.1 Å². The first kappa shape index (κ1) is 21.5. The molecule has 0 saturated carbocycles. The predicted octanol–water partition coefficient (Wildman–Crippen LogP) is 3.79. The highest BCUT2D eigenvalue weighted by Crippen LogP contribution is 2.33. The average Bonchev–Trinajstić information content (AvgIpc) is 3.38. The van der Waals surface area contributed by atoms with Gasteiger partial charge in [-0.2, -0.15) is 0 Å². The summed E-state index contributed by atoms with van der Waals surface area (Å²) in [4.78, 5) is 39.3. The topological polar surface area (TPSA) is 89.9 Å². The number of imide groups is 2. The van der Waals surface area contributed by atoms with Crippen molar-refractivity contribution in [2.45, 2.75) is 27.3 Å². The number of aromatic nitrogens is 1. The Labute approximate surface area is 196 Å². The average molecular weight is 457 g/mol. The minimum absolute atomic E-state index is 0.00564. The van der Waals surface area contributed by atoms with Crippen molar-refractivity contribution in [3.8, 4) is 17.2 Å². The van der Waals surface area contributed by atoms with Gasteiger partial charge in [0.05, 0.1) is 6.54 Å². The molecule has 2 aromatic carbocycles. The van der Waals surface area contributed by atoms with Gasteiger partial charge in [-0.05, 0) is 68.3 Å². The lowest BCUT2D eigenvalue weighted by atomic mass is 10.1. The Hall–Kier alpha value is -4.33. The summed E-state index contributed by atoms with van der Waals surface area (Å²) < 4.78 is 12.7. The van der Waals surface area contributed by atoms with Gasteiger partial charge in [-0.3, -0.25) is 19.8 Å². The lowest BCUT2D eigenvalue weighted by molar-refractivity contribution is -0.130. The molecule has 1 N–H and O–H groups in total. The number of ether oxygens (including phenoxy) is 2. The van der Waals surface area contributed by atoms with E-state index in [0.29, 0.717) is 17.1 Å². The molecule has 2 aliphatic heterocycles. The minimum Gasteiger partial charge on any atom is -0.454 e. The number of aryl methyl sites for hydroxylation is 2. The maximum absolute atomic E-state index is 13.2. The van der Waals surface area contributed by atoms with E-state index in [1.165, 1.54) is 0 Å². The maximum atomic E-state index is 13.2. The number of hydrogen-bond acceptors (Lipinski definition) is 5. The lowest BCUT2D eigenvalue weighted by Gasteiger charge is -2.26. The van der Waals surface area contributed by atoms with Crippen LogP contribution in [0, 0.1) is 20.8 Å². The van der Waals surface area contributed by atoms with E-state index in [0.717, 1.165) is 33.1 Å². The monoisotopic (exact) mass is 457 g/mol. The molecule has 3 aromatic rings. The van der Waals surface area contributed by atoms with E-state index in [1.807, 2.05) is 51.1 Å². The zero-order chi connectivity index (χ0) is 24.0. The molecular formula is C26H23N3O5. The highest BCUT2D eigenvalue weighted by molar-refractivity contribution is 6.31. The third-order valence-electron chi connectivity index (χ3n) is 6.03. The third-order valence-corrected chi connectivity index (χ3v) is 6.03. The number of fused-ring (bicyclic) bond motifs is 1. The van der Waals surface area contributed by atoms with Gasteiger partial charge in [-0.25, -0.2) is 4.79 Å². The van der Waals surface area contributed by atoms with Crippen molar-refractivity contribution in [1.82, 2.24) is 14.8 Å². The summed E-state index contributed by atoms with van der Waals surface area (Å²) in [6.45, 7) is 6.05. The summed E-state index contributed by atoms with van der Waals surface area (Å²) in [7, 11) is 0. The number of nitrogens with zero attached hydrogens (tertiary/aromatic N) is 2. The molecule has 1 fully saturated rings. The Bertz CT molecular complexity index is 1370. The van der Waals surface area contributed by atoms with E-state index < -0.39 is 17.8 Å². The van der Waals surface area contributed by atoms with E-state index >= 15 is 0 Å². The van der Waals surface area contributed by atoms with Crippen LogP contribution in [-0.4, -0.2) is 34.1 Å². The molecule has 2 aliphatic rings. The number of urea groups is 1. The molecule has 1 aromatic heterocycles. The van der Waals surface area contributed by atoms with E-state index in [1.54, 1.807) is 24.3 Å². The van der Waals surface area contributed by atoms with Crippen molar-refractivity contribution in [3.63, 3.8) is 0 Å². The number of nitrogens with one attached hydrogen (secondary N) is 1. The van der Waals surface area contributed by atoms with Crippen molar-refractivity contribution in [2.75, 3.05) is 6.79 Å². The zero-order valence-electron chi connectivity index (χ0n) is 19.0. The van der Waals surface area contributed by atoms with E-state index in [2.05, 4.69) is 9.88 Å². The van der Waals surface area contributed by atoms with E-state index in [9.17, 15) is 14.4 Å². The fourth-order valence-electron chi connectivity index (χ4n) is 4.24. The number of benzene rings is 2. The van der Waals surface area contributed by atoms with E-state index in [4.69, 9.17) is 9.47 Å². The molecule has 4 amide bonds. The minimum atomic E-state index is -0.755. The second-order valence-corrected chi connectivity index (χ2v) is 8.39. The van der Waals surface area contributed by atoms with Crippen LogP contribution in [0.25, 0.3) is 11.8 Å². The Morgan fingerprint density at radius 1 is 0.941 bits per heavy atom. The van der Waals surface area contributed by atoms with Crippen LogP contribution in [0.4, 0.5) is 4.79 Å². The largest absolute Gasteiger partial charge is 0.454 e. The van der Waals surface area contributed by atoms with Crippen LogP contribution < -0.4 is 14.8 Å². The predicted molar refractivity (Wildman–Crippen MR) is 125 cm³/mol. The van der Waals surface area contributed by atoms with Gasteiger partial charge in [0.2, 0.25) is 6.79 Å². The number of amides is 4. The van der Waals surface area contributed by atoms with E-state index in [-0.39, 0.29) is 18.9 Å². The summed E-state index contributed by atoms with van der Waals surface area (Å²) >= 11 is 0. The molecule has 3 heterocycles. The van der Waals surface area contributed by atoms with Crippen LogP contribution in [0.5, 0.6) is 11.5 Å². The first-order valence-electron chi connectivity index (χ1n) is 10.8. The number of rotatable bonds is 4. The van der Waals surface area contributed by atoms with Gasteiger partial charge in [0.1, 0.15) is 5.57 Å². The summed E-state index contributed by atoms with van der Waals surface area (Å²) in [6.07, 6.45) is 1.55. The molecule has 0 bridgehead atoms. The van der Waals surface area contributed by atoms with Crippen LogP contribution >= 0.6 is 0 Å². The Balaban J connectivity index is 1.46. The summed E-state index contributed by atoms with van der Waals surface area (Å²) in [5.74, 6) is -0.195. The fraction of sp³-hybridized carbons (Fsp3) is 0.192. The molecule has 0 spiro atoms. The molecule has 0 unspecified atom stereocenters. The van der Waals surface area contributed by atoms with Crippen LogP contribution in [0.3, 0.4) is 0 Å². The first-order valence-corrected chi connectivity index (χ1v) is 10.8. The Morgan fingerprint density at radius 2 is 1.68 bits per heavy atom. The van der Waals surface area contributed by atoms with Crippen molar-refractivity contribution in [2.24, 2.45) is 0 Å². The van der Waals surface area contributed by atoms with Crippen molar-refractivity contribution in [1.29, 1.82) is 0 Å². The van der Waals surface area contributed by atoms with Crippen molar-refractivity contribution >= 4 is 23.9 Å². The molecule has 172 valence electrons. The summed E-state index contributed by atoms with van der Waals surface area (Å²) in [5, 5.41) is 2.28. The lowest BCUT2D eigenvalue weighted by Crippen LogP contribution is -2.53. The third kappa shape index (κ3) is 3.73. The second kappa shape index (κ2) is 8.22. The van der Waals surface area contributed by atoms with Crippen molar-refractivity contribution < 1.29 is 23.9 Å². The molecule has 1 saturated heterocycles. The summed E-state index contributed by atoms with van der Waals surface area (Å²) in [6, 6.07) is 14.5. The number of barbiturate groups is 1. The Morgan fingerprint density at radius 3 is 2.44 bits per heavy atom. The summed E-state index contributed by atoms with van der Waals surface area (Å²) in [5.41, 5.74) is 5.31. The normalized spacial score (nSPS) is 16.4. The van der Waals surface area contributed by atoms with Gasteiger partial charge < -0.3 is 14.0 Å². The molecule has 34 heavy (non-hydrogen) atoms. The molecule has 0 atom stereocenters.